The lowest BCUT2D eigenvalue weighted by Crippen LogP contribution is -2.13. The highest BCUT2D eigenvalue weighted by atomic mass is 19.1. The highest BCUT2D eigenvalue weighted by molar-refractivity contribution is 5.14. The minimum absolute atomic E-state index is 0.120. The van der Waals surface area contributed by atoms with Crippen LogP contribution in [0.15, 0.2) is 12.3 Å². The van der Waals surface area contributed by atoms with Crippen molar-refractivity contribution in [2.45, 2.75) is 18.9 Å². The molecule has 1 aliphatic carbocycles. The average molecular weight is 154 g/mol. The van der Waals surface area contributed by atoms with Crippen molar-refractivity contribution in [3.63, 3.8) is 0 Å². The quantitative estimate of drug-likeness (QED) is 0.667. The van der Waals surface area contributed by atoms with Crippen LogP contribution >= 0.6 is 0 Å². The van der Waals surface area contributed by atoms with Crippen LogP contribution in [0.4, 0.5) is 4.39 Å². The molecule has 1 aromatic rings. The zero-order valence-electron chi connectivity index (χ0n) is 6.18. The van der Waals surface area contributed by atoms with Crippen molar-refractivity contribution in [1.82, 2.24) is 4.98 Å². The van der Waals surface area contributed by atoms with Gasteiger partial charge < -0.3 is 10.7 Å². The van der Waals surface area contributed by atoms with Gasteiger partial charge in [-0.1, -0.05) is 0 Å². The van der Waals surface area contributed by atoms with Gasteiger partial charge in [0, 0.05) is 6.20 Å². The SMILES string of the molecule is N[C@@H](c1[nH]ccc1F)C1CC1. The molecule has 0 aromatic carbocycles. The maximum atomic E-state index is 12.9. The number of aromatic nitrogens is 1. The fraction of sp³-hybridized carbons (Fsp3) is 0.500. The van der Waals surface area contributed by atoms with E-state index in [1.54, 1.807) is 6.20 Å². The third-order valence-electron chi connectivity index (χ3n) is 2.19. The standard InChI is InChI=1S/C8H11FN2/c9-6-3-4-11-8(6)7(10)5-1-2-5/h3-5,7,11H,1-2,10H2/t7-/m1/s1. The Morgan fingerprint density at radius 3 is 2.82 bits per heavy atom. The molecule has 1 atom stereocenters. The first-order valence-electron chi connectivity index (χ1n) is 3.87. The molecule has 1 saturated carbocycles. The topological polar surface area (TPSA) is 41.8 Å². The molecule has 0 spiro atoms. The third-order valence-corrected chi connectivity index (χ3v) is 2.19. The van der Waals surface area contributed by atoms with Crippen LogP contribution in [0.5, 0.6) is 0 Å². The first-order chi connectivity index (χ1) is 5.29. The van der Waals surface area contributed by atoms with Crippen molar-refractivity contribution in [1.29, 1.82) is 0 Å². The van der Waals surface area contributed by atoms with Crippen molar-refractivity contribution < 1.29 is 4.39 Å². The molecule has 11 heavy (non-hydrogen) atoms. The Kier molecular flexibility index (Phi) is 1.46. The van der Waals surface area contributed by atoms with E-state index in [0.717, 1.165) is 12.8 Å². The van der Waals surface area contributed by atoms with Gasteiger partial charge in [-0.05, 0) is 24.8 Å². The third kappa shape index (κ3) is 1.16. The van der Waals surface area contributed by atoms with E-state index in [-0.39, 0.29) is 11.9 Å². The Bertz CT molecular complexity index is 252. The summed E-state index contributed by atoms with van der Waals surface area (Å²) in [5.74, 6) is 0.299. The van der Waals surface area contributed by atoms with Crippen LogP contribution in [0.3, 0.4) is 0 Å². The number of aromatic amines is 1. The van der Waals surface area contributed by atoms with E-state index in [4.69, 9.17) is 5.73 Å². The van der Waals surface area contributed by atoms with Crippen LogP contribution in [0, 0.1) is 11.7 Å². The number of nitrogens with one attached hydrogen (secondary N) is 1. The first-order valence-corrected chi connectivity index (χ1v) is 3.87. The molecule has 2 nitrogen and oxygen atoms in total. The number of rotatable bonds is 2. The van der Waals surface area contributed by atoms with Crippen molar-refractivity contribution in [3.05, 3.63) is 23.8 Å². The van der Waals surface area contributed by atoms with Gasteiger partial charge in [0.2, 0.25) is 0 Å². The van der Waals surface area contributed by atoms with Crippen molar-refractivity contribution in [2.75, 3.05) is 0 Å². The van der Waals surface area contributed by atoms with Gasteiger partial charge in [-0.25, -0.2) is 4.39 Å². The van der Waals surface area contributed by atoms with E-state index in [9.17, 15) is 4.39 Å². The van der Waals surface area contributed by atoms with E-state index in [1.807, 2.05) is 0 Å². The zero-order valence-corrected chi connectivity index (χ0v) is 6.18. The molecule has 1 fully saturated rings. The molecule has 2 rings (SSSR count). The maximum absolute atomic E-state index is 12.9. The van der Waals surface area contributed by atoms with Gasteiger partial charge in [0.15, 0.2) is 0 Å². The lowest BCUT2D eigenvalue weighted by Gasteiger charge is -2.06. The Morgan fingerprint density at radius 1 is 1.64 bits per heavy atom. The van der Waals surface area contributed by atoms with E-state index in [0.29, 0.717) is 11.6 Å². The lowest BCUT2D eigenvalue weighted by molar-refractivity contribution is 0.547. The second kappa shape index (κ2) is 2.34. The minimum atomic E-state index is -0.204. The predicted octanol–water partition coefficient (Wildman–Crippen LogP) is 1.56. The number of hydrogen-bond acceptors (Lipinski definition) is 1. The molecule has 1 heterocycles. The molecule has 0 aliphatic heterocycles. The van der Waals surface area contributed by atoms with Crippen LogP contribution < -0.4 is 5.73 Å². The van der Waals surface area contributed by atoms with Crippen LogP contribution in [-0.4, -0.2) is 4.98 Å². The fourth-order valence-electron chi connectivity index (χ4n) is 1.31. The monoisotopic (exact) mass is 154 g/mol. The van der Waals surface area contributed by atoms with Gasteiger partial charge in [0.05, 0.1) is 11.7 Å². The molecule has 3 N–H and O–H groups in total. The second-order valence-electron chi connectivity index (χ2n) is 3.10. The Labute approximate surface area is 64.6 Å². The molecular weight excluding hydrogens is 143 g/mol. The second-order valence-corrected chi connectivity index (χ2v) is 3.10. The van der Waals surface area contributed by atoms with Gasteiger partial charge >= 0.3 is 0 Å². The van der Waals surface area contributed by atoms with Crippen molar-refractivity contribution in [3.8, 4) is 0 Å². The number of hydrogen-bond donors (Lipinski definition) is 2. The highest BCUT2D eigenvalue weighted by Crippen LogP contribution is 2.39. The number of nitrogens with two attached hydrogens (primary N) is 1. The smallest absolute Gasteiger partial charge is 0.145 e. The normalized spacial score (nSPS) is 20.2. The Balaban J connectivity index is 2.20. The summed E-state index contributed by atoms with van der Waals surface area (Å²) in [7, 11) is 0. The molecular formula is C8H11FN2. The van der Waals surface area contributed by atoms with E-state index < -0.39 is 0 Å². The summed E-state index contributed by atoms with van der Waals surface area (Å²) in [5, 5.41) is 0. The van der Waals surface area contributed by atoms with Crippen LogP contribution in [0.2, 0.25) is 0 Å². The van der Waals surface area contributed by atoms with Crippen LogP contribution in [-0.2, 0) is 0 Å². The fourth-order valence-corrected chi connectivity index (χ4v) is 1.31. The lowest BCUT2D eigenvalue weighted by atomic mass is 10.1. The Morgan fingerprint density at radius 2 is 2.36 bits per heavy atom. The van der Waals surface area contributed by atoms with Crippen molar-refractivity contribution in [2.24, 2.45) is 11.7 Å². The molecule has 1 aliphatic rings. The van der Waals surface area contributed by atoms with E-state index in [1.165, 1.54) is 6.07 Å². The molecule has 60 valence electrons. The van der Waals surface area contributed by atoms with Gasteiger partial charge in [-0.15, -0.1) is 0 Å². The minimum Gasteiger partial charge on any atom is -0.361 e. The molecule has 0 saturated heterocycles. The zero-order chi connectivity index (χ0) is 7.84. The maximum Gasteiger partial charge on any atom is 0.145 e. The number of halogens is 1. The average Bonchev–Trinajstić information content (AvgIpc) is 2.74. The molecule has 1 aromatic heterocycles. The van der Waals surface area contributed by atoms with E-state index in [2.05, 4.69) is 4.98 Å². The van der Waals surface area contributed by atoms with Crippen molar-refractivity contribution >= 4 is 0 Å². The molecule has 0 radical (unpaired) electrons. The van der Waals surface area contributed by atoms with Gasteiger partial charge in [-0.2, -0.15) is 0 Å². The Hall–Kier alpha value is -0.830. The highest BCUT2D eigenvalue weighted by Gasteiger charge is 2.31. The summed E-state index contributed by atoms with van der Waals surface area (Å²) in [6, 6.07) is 1.29. The first kappa shape index (κ1) is 6.85. The molecule has 0 unspecified atom stereocenters. The molecule has 0 bridgehead atoms. The van der Waals surface area contributed by atoms with Gasteiger partial charge in [0.1, 0.15) is 5.82 Å². The van der Waals surface area contributed by atoms with E-state index >= 15 is 0 Å². The van der Waals surface area contributed by atoms with Gasteiger partial charge in [-0.3, -0.25) is 0 Å². The summed E-state index contributed by atoms with van der Waals surface area (Å²) in [5.41, 5.74) is 6.34. The van der Waals surface area contributed by atoms with Crippen LogP contribution in [0.25, 0.3) is 0 Å². The summed E-state index contributed by atoms with van der Waals surface area (Å²) in [6.45, 7) is 0. The number of H-pyrrole nitrogens is 1. The largest absolute Gasteiger partial charge is 0.361 e. The molecule has 0 amide bonds. The summed E-state index contributed by atoms with van der Waals surface area (Å²) >= 11 is 0. The molecule has 3 heteroatoms. The summed E-state index contributed by atoms with van der Waals surface area (Å²) in [6.07, 6.45) is 3.87. The summed E-state index contributed by atoms with van der Waals surface area (Å²) < 4.78 is 12.9. The predicted molar refractivity (Wildman–Crippen MR) is 40.4 cm³/mol. The summed E-state index contributed by atoms with van der Waals surface area (Å²) in [4.78, 5) is 2.83. The van der Waals surface area contributed by atoms with Crippen LogP contribution in [0.1, 0.15) is 24.6 Å². The van der Waals surface area contributed by atoms with Gasteiger partial charge in [0.25, 0.3) is 0 Å².